The second-order valence-electron chi connectivity index (χ2n) is 2.16. The molecule has 0 bridgehead atoms. The lowest BCUT2D eigenvalue weighted by atomic mass is 10.3. The Kier molecular flexibility index (Phi) is 2.04. The van der Waals surface area contributed by atoms with E-state index in [1.54, 1.807) is 13.8 Å². The fourth-order valence-corrected chi connectivity index (χ4v) is 1.02. The van der Waals surface area contributed by atoms with Crippen LogP contribution in [0.2, 0.25) is 0 Å². The molecule has 0 amide bonds. The Hall–Kier alpha value is -0.440. The Bertz CT molecular complexity index is 210. The van der Waals surface area contributed by atoms with Crippen molar-refractivity contribution in [2.24, 2.45) is 0 Å². The molecule has 0 radical (unpaired) electrons. The van der Waals surface area contributed by atoms with Crippen molar-refractivity contribution >= 4 is 15.9 Å². The van der Waals surface area contributed by atoms with Gasteiger partial charge in [-0.1, -0.05) is 0 Å². The summed E-state index contributed by atoms with van der Waals surface area (Å²) < 4.78 is 13.4. The number of pyridine rings is 1. The second-order valence-corrected chi connectivity index (χ2v) is 2.91. The number of hydrogen-bond acceptors (Lipinski definition) is 1. The molecule has 0 N–H and O–H groups in total. The van der Waals surface area contributed by atoms with Crippen molar-refractivity contribution in [2.75, 3.05) is 0 Å². The standard InChI is InChI=1S/C7H7BrFN/c1-4-3-6(9)5(2)10-7(4)8/h3H,1-2H3. The van der Waals surface area contributed by atoms with E-state index in [0.717, 1.165) is 5.56 Å². The van der Waals surface area contributed by atoms with Crippen molar-refractivity contribution in [1.29, 1.82) is 0 Å². The summed E-state index contributed by atoms with van der Waals surface area (Å²) in [6.07, 6.45) is 0. The van der Waals surface area contributed by atoms with Crippen LogP contribution in [0.4, 0.5) is 4.39 Å². The molecule has 0 saturated carbocycles. The van der Waals surface area contributed by atoms with Crippen LogP contribution < -0.4 is 0 Å². The Morgan fingerprint density at radius 3 is 2.60 bits per heavy atom. The monoisotopic (exact) mass is 203 g/mol. The molecule has 1 aromatic heterocycles. The van der Waals surface area contributed by atoms with Gasteiger partial charge in [-0.3, -0.25) is 0 Å². The fourth-order valence-electron chi connectivity index (χ4n) is 0.643. The van der Waals surface area contributed by atoms with E-state index in [2.05, 4.69) is 20.9 Å². The predicted molar refractivity (Wildman–Crippen MR) is 41.4 cm³/mol. The van der Waals surface area contributed by atoms with Crippen LogP contribution in [-0.2, 0) is 0 Å². The maximum Gasteiger partial charge on any atom is 0.144 e. The van der Waals surface area contributed by atoms with Crippen LogP contribution >= 0.6 is 15.9 Å². The molecule has 0 saturated heterocycles. The van der Waals surface area contributed by atoms with E-state index in [-0.39, 0.29) is 5.82 Å². The van der Waals surface area contributed by atoms with E-state index < -0.39 is 0 Å². The van der Waals surface area contributed by atoms with E-state index in [1.807, 2.05) is 0 Å². The lowest BCUT2D eigenvalue weighted by Gasteiger charge is -1.98. The largest absolute Gasteiger partial charge is 0.243 e. The van der Waals surface area contributed by atoms with Gasteiger partial charge >= 0.3 is 0 Å². The fraction of sp³-hybridized carbons (Fsp3) is 0.286. The van der Waals surface area contributed by atoms with Crippen molar-refractivity contribution in [2.45, 2.75) is 13.8 Å². The molecule has 0 unspecified atom stereocenters. The van der Waals surface area contributed by atoms with Crippen molar-refractivity contribution in [3.63, 3.8) is 0 Å². The molecule has 10 heavy (non-hydrogen) atoms. The first kappa shape index (κ1) is 7.66. The summed E-state index contributed by atoms with van der Waals surface area (Å²) in [7, 11) is 0. The molecule has 0 fully saturated rings. The van der Waals surface area contributed by atoms with E-state index in [1.165, 1.54) is 6.07 Å². The number of halogens is 2. The Morgan fingerprint density at radius 2 is 2.10 bits per heavy atom. The zero-order valence-electron chi connectivity index (χ0n) is 5.78. The zero-order chi connectivity index (χ0) is 7.72. The number of aromatic nitrogens is 1. The third-order valence-corrected chi connectivity index (χ3v) is 2.08. The number of hydrogen-bond donors (Lipinski definition) is 0. The first-order valence-corrected chi connectivity index (χ1v) is 3.70. The summed E-state index contributed by atoms with van der Waals surface area (Å²) in [6, 6.07) is 1.46. The van der Waals surface area contributed by atoms with Crippen molar-refractivity contribution in [3.05, 3.63) is 27.7 Å². The Labute approximate surface area is 67.4 Å². The lowest BCUT2D eigenvalue weighted by Crippen LogP contribution is -1.90. The summed E-state index contributed by atoms with van der Waals surface area (Å²) in [6.45, 7) is 3.44. The van der Waals surface area contributed by atoms with Crippen LogP contribution in [0.15, 0.2) is 10.7 Å². The molecule has 0 atom stereocenters. The molecule has 0 spiro atoms. The molecule has 1 aromatic rings. The number of nitrogens with zero attached hydrogens (tertiary/aromatic N) is 1. The van der Waals surface area contributed by atoms with E-state index in [4.69, 9.17) is 0 Å². The van der Waals surface area contributed by atoms with Gasteiger partial charge in [0.05, 0.1) is 5.69 Å². The van der Waals surface area contributed by atoms with E-state index >= 15 is 0 Å². The molecule has 0 aliphatic carbocycles. The molecule has 0 aliphatic rings. The van der Waals surface area contributed by atoms with Crippen LogP contribution in [-0.4, -0.2) is 4.98 Å². The highest BCUT2D eigenvalue weighted by molar-refractivity contribution is 9.10. The molecule has 1 nitrogen and oxygen atoms in total. The maximum atomic E-state index is 12.7. The second kappa shape index (κ2) is 2.66. The minimum atomic E-state index is -0.249. The first-order chi connectivity index (χ1) is 4.61. The van der Waals surface area contributed by atoms with Gasteiger partial charge in [0.15, 0.2) is 0 Å². The highest BCUT2D eigenvalue weighted by atomic mass is 79.9. The van der Waals surface area contributed by atoms with Crippen molar-refractivity contribution in [1.82, 2.24) is 4.98 Å². The van der Waals surface area contributed by atoms with Crippen LogP contribution in [0, 0.1) is 19.7 Å². The van der Waals surface area contributed by atoms with Gasteiger partial charge < -0.3 is 0 Å². The van der Waals surface area contributed by atoms with Gasteiger partial charge in [0.2, 0.25) is 0 Å². The van der Waals surface area contributed by atoms with Crippen molar-refractivity contribution < 1.29 is 4.39 Å². The minimum Gasteiger partial charge on any atom is -0.243 e. The molecule has 3 heteroatoms. The smallest absolute Gasteiger partial charge is 0.144 e. The molecule has 54 valence electrons. The SMILES string of the molecule is Cc1cc(F)c(C)nc1Br. The summed E-state index contributed by atoms with van der Waals surface area (Å²) in [5, 5.41) is 0. The maximum absolute atomic E-state index is 12.7. The Morgan fingerprint density at radius 1 is 1.50 bits per heavy atom. The number of rotatable bonds is 0. The third kappa shape index (κ3) is 1.34. The van der Waals surface area contributed by atoms with Gasteiger partial charge in [-0.15, -0.1) is 0 Å². The lowest BCUT2D eigenvalue weighted by molar-refractivity contribution is 0.607. The summed E-state index contributed by atoms with van der Waals surface area (Å²) in [4.78, 5) is 3.91. The van der Waals surface area contributed by atoms with Crippen molar-refractivity contribution in [3.8, 4) is 0 Å². The summed E-state index contributed by atoms with van der Waals surface area (Å²) >= 11 is 3.20. The molecule has 0 aliphatic heterocycles. The number of aryl methyl sites for hydroxylation is 2. The van der Waals surface area contributed by atoms with Gasteiger partial charge in [0.25, 0.3) is 0 Å². The molecule has 1 rings (SSSR count). The molecular weight excluding hydrogens is 197 g/mol. The molecular formula is C7H7BrFN. The third-order valence-electron chi connectivity index (χ3n) is 1.28. The van der Waals surface area contributed by atoms with Gasteiger partial charge in [0.1, 0.15) is 10.4 Å². The van der Waals surface area contributed by atoms with E-state index in [0.29, 0.717) is 10.3 Å². The Balaban J connectivity index is 3.28. The normalized spacial score (nSPS) is 10.0. The summed E-state index contributed by atoms with van der Waals surface area (Å²) in [5.74, 6) is -0.249. The minimum absolute atomic E-state index is 0.249. The molecule has 0 aromatic carbocycles. The highest BCUT2D eigenvalue weighted by Crippen LogP contribution is 2.15. The first-order valence-electron chi connectivity index (χ1n) is 2.90. The van der Waals surface area contributed by atoms with Gasteiger partial charge in [0, 0.05) is 0 Å². The zero-order valence-corrected chi connectivity index (χ0v) is 7.37. The van der Waals surface area contributed by atoms with Gasteiger partial charge in [-0.25, -0.2) is 9.37 Å². The van der Waals surface area contributed by atoms with E-state index in [9.17, 15) is 4.39 Å². The van der Waals surface area contributed by atoms with Crippen LogP contribution in [0.3, 0.4) is 0 Å². The summed E-state index contributed by atoms with van der Waals surface area (Å²) in [5.41, 5.74) is 1.25. The quantitative estimate of drug-likeness (QED) is 0.592. The average molecular weight is 204 g/mol. The van der Waals surface area contributed by atoms with Crippen LogP contribution in [0.25, 0.3) is 0 Å². The topological polar surface area (TPSA) is 12.9 Å². The van der Waals surface area contributed by atoms with Crippen LogP contribution in [0.5, 0.6) is 0 Å². The van der Waals surface area contributed by atoms with Gasteiger partial charge in [-0.2, -0.15) is 0 Å². The average Bonchev–Trinajstić information content (AvgIpc) is 1.84. The molecule has 1 heterocycles. The highest BCUT2D eigenvalue weighted by Gasteiger charge is 2.01. The van der Waals surface area contributed by atoms with Crippen LogP contribution in [0.1, 0.15) is 11.3 Å². The predicted octanol–water partition coefficient (Wildman–Crippen LogP) is 2.60. The van der Waals surface area contributed by atoms with Gasteiger partial charge in [-0.05, 0) is 41.4 Å².